The molecule has 0 aromatic rings. The normalized spacial score (nSPS) is 16.8. The van der Waals surface area contributed by atoms with E-state index in [9.17, 15) is 0 Å². The first kappa shape index (κ1) is 4.87. The SMILES string of the molecule is [2H]P(I)[B][BH2-]P. The van der Waals surface area contributed by atoms with Crippen molar-refractivity contribution in [1.29, 1.82) is 1.28 Å². The van der Waals surface area contributed by atoms with E-state index in [-0.39, 0.29) is 6.89 Å². The van der Waals surface area contributed by atoms with Crippen LogP contribution in [0.2, 0.25) is 0 Å². The molecule has 0 aromatic carbocycles. The van der Waals surface area contributed by atoms with Gasteiger partial charge in [-0.15, -0.1) is 6.05 Å². The Kier molecular flexibility index (Phi) is 5.57. The first-order valence-corrected chi connectivity index (χ1v) is 6.49. The van der Waals surface area contributed by atoms with Crippen LogP contribution in [0.3, 0.4) is 0 Å². The van der Waals surface area contributed by atoms with Crippen LogP contribution in [-0.4, -0.2) is 15.1 Å². The maximum atomic E-state index is 6.99. The molecule has 2 unspecified atom stereocenters. The summed E-state index contributed by atoms with van der Waals surface area (Å²) in [7, 11) is 2.68. The first-order chi connectivity index (χ1) is 2.77. The fraction of sp³-hybridized carbons (Fsp3) is 0. The average Bonchev–Trinajstić information content (AvgIpc) is 1.35. The van der Waals surface area contributed by atoms with Gasteiger partial charge in [-0.25, -0.2) is 0 Å². The van der Waals surface area contributed by atoms with Crippen LogP contribution in [0.15, 0.2) is 0 Å². The molecule has 29 valence electrons. The molecule has 0 aliphatic heterocycles. The summed E-state index contributed by atoms with van der Waals surface area (Å²) in [5.74, 6) is 0. The van der Waals surface area contributed by atoms with Crippen LogP contribution in [0, 0.1) is 0 Å². The van der Waals surface area contributed by atoms with Crippen LogP contribution < -0.4 is 0 Å². The van der Waals surface area contributed by atoms with Crippen LogP contribution in [0.4, 0.5) is 0 Å². The third-order valence-electron chi connectivity index (χ3n) is 0.247. The molecular weight excluding hydrogens is 210 g/mol. The topological polar surface area (TPSA) is 0 Å². The van der Waals surface area contributed by atoms with E-state index in [2.05, 4.69) is 38.0 Å². The first-order valence-electron chi connectivity index (χ1n) is 2.03. The summed E-state index contributed by atoms with van der Waals surface area (Å²) in [5, 5.41) is 0. The van der Waals surface area contributed by atoms with Crippen molar-refractivity contribution in [3.8, 4) is 0 Å². The van der Waals surface area contributed by atoms with Gasteiger partial charge in [0, 0.05) is 0 Å². The van der Waals surface area contributed by atoms with Crippen LogP contribution in [0.5, 0.6) is 0 Å². The molecule has 0 amide bonds. The molecule has 0 N–H and O–H groups in total. The molecule has 0 aliphatic carbocycles. The van der Waals surface area contributed by atoms with Gasteiger partial charge in [0.2, 0.25) is 0 Å². The van der Waals surface area contributed by atoms with Gasteiger partial charge in [0.25, 0.3) is 0 Å². The number of rotatable bonds is 2. The highest BCUT2D eigenvalue weighted by Crippen LogP contribution is 2.16. The molecule has 1 radical (unpaired) electrons. The van der Waals surface area contributed by atoms with Crippen LogP contribution in [-0.2, 0) is 0 Å². The van der Waals surface area contributed by atoms with Crippen molar-refractivity contribution >= 4 is 51.0 Å². The highest BCUT2D eigenvalue weighted by molar-refractivity contribution is 14.2. The van der Waals surface area contributed by atoms with E-state index in [0.29, 0.717) is 0 Å². The van der Waals surface area contributed by atoms with Gasteiger partial charge in [-0.05, 0) is 13.8 Å². The zero-order valence-electron chi connectivity index (χ0n) is 3.98. The van der Waals surface area contributed by atoms with Gasteiger partial charge >= 0.3 is 0 Å². The zero-order chi connectivity index (χ0) is 4.99. The number of hydrogen-bond acceptors (Lipinski definition) is 0. The molecule has 0 fully saturated rings. The molecular formula is H5B2IP2-. The second-order valence-electron chi connectivity index (χ2n) is 0.689. The minimum absolute atomic E-state index is 0.0884. The lowest BCUT2D eigenvalue weighted by atomic mass is 9.76. The minimum Gasteiger partial charge on any atom is -0.321 e. The van der Waals surface area contributed by atoms with Crippen molar-refractivity contribution in [3.05, 3.63) is 0 Å². The fourth-order valence-corrected chi connectivity index (χ4v) is 3.40. The Balaban J connectivity index is 2.63. The Hall–Kier alpha value is 1.72. The summed E-state index contributed by atoms with van der Waals surface area (Å²) in [5.41, 5.74) is 0. The molecule has 0 bridgehead atoms. The smallest absolute Gasteiger partial charge is 0.0553 e. The lowest BCUT2D eigenvalue weighted by Crippen LogP contribution is -1.79. The Morgan fingerprint density at radius 3 is 3.00 bits per heavy atom. The lowest BCUT2D eigenvalue weighted by Gasteiger charge is -1.83. The lowest BCUT2D eigenvalue weighted by molar-refractivity contribution is 4.36. The summed E-state index contributed by atoms with van der Waals surface area (Å²) in [4.78, 5) is 0. The molecule has 0 aliphatic rings. The van der Waals surface area contributed by atoms with Crippen LogP contribution >= 0.6 is 37.2 Å². The molecule has 0 aromatic heterocycles. The summed E-state index contributed by atoms with van der Waals surface area (Å²) in [6.45, 7) is 2.19. The van der Waals surface area contributed by atoms with Gasteiger partial charge in [0.05, 0.1) is 1.28 Å². The maximum Gasteiger partial charge on any atom is 0.0553 e. The molecule has 5 heteroatoms. The predicted molar refractivity (Wildman–Crippen MR) is 46.3 cm³/mol. The minimum atomic E-state index is -0.471. The van der Waals surface area contributed by atoms with E-state index < -0.39 is 6.05 Å². The summed E-state index contributed by atoms with van der Waals surface area (Å²) >= 11 is 2.14. The Bertz CT molecular complexity index is 32.7. The largest absolute Gasteiger partial charge is 0.321 e. The van der Waals surface area contributed by atoms with E-state index in [1.807, 2.05) is 0 Å². The molecule has 0 saturated heterocycles. The van der Waals surface area contributed by atoms with E-state index in [1.165, 1.54) is 0 Å². The van der Waals surface area contributed by atoms with Gasteiger partial charge in [-0.3, -0.25) is 0 Å². The van der Waals surface area contributed by atoms with Gasteiger partial charge in [0.15, 0.2) is 0 Å². The summed E-state index contributed by atoms with van der Waals surface area (Å²) in [6.07, 6.45) is 0. The Labute approximate surface area is 52.4 Å². The predicted octanol–water partition coefficient (Wildman–Crippen LogP) is 0.508. The number of hydrogen-bond donors (Lipinski definition) is 0. The highest BCUT2D eigenvalue weighted by Gasteiger charge is 1.64. The standard InChI is InChI=1S/B2H5IP2/c3-5-2-1-4/h5H,1,4H2/q-1/i5D. The van der Waals surface area contributed by atoms with Gasteiger partial charge < -0.3 is 9.12 Å². The highest BCUT2D eigenvalue weighted by atomic mass is 127. The monoisotopic (exact) mass is 217 g/mol. The van der Waals surface area contributed by atoms with E-state index in [1.54, 1.807) is 0 Å². The molecule has 0 spiro atoms. The third kappa shape index (κ3) is 5.72. The third-order valence-corrected chi connectivity index (χ3v) is 3.31. The quantitative estimate of drug-likeness (QED) is 0.358. The van der Waals surface area contributed by atoms with Gasteiger partial charge in [0.1, 0.15) is 0 Å². The second-order valence-corrected chi connectivity index (χ2v) is 3.74. The molecule has 0 nitrogen and oxygen atoms in total. The van der Waals surface area contributed by atoms with Crippen LogP contribution in [0.25, 0.3) is 0 Å². The van der Waals surface area contributed by atoms with Gasteiger partial charge in [-0.2, -0.15) is 0 Å². The molecule has 0 rings (SSSR count). The van der Waals surface area contributed by atoms with Crippen molar-refractivity contribution in [3.63, 3.8) is 0 Å². The molecule has 5 heavy (non-hydrogen) atoms. The Morgan fingerprint density at radius 2 is 3.00 bits per heavy atom. The van der Waals surface area contributed by atoms with E-state index in [0.717, 1.165) is 0 Å². The van der Waals surface area contributed by atoms with Crippen molar-refractivity contribution in [2.24, 2.45) is 0 Å². The fourth-order valence-electron chi connectivity index (χ4n) is 0.0563. The maximum absolute atomic E-state index is 6.99. The van der Waals surface area contributed by atoms with Crippen molar-refractivity contribution < 1.29 is 0 Å². The van der Waals surface area contributed by atoms with E-state index in [4.69, 9.17) is 1.28 Å². The van der Waals surface area contributed by atoms with Crippen molar-refractivity contribution in [2.45, 2.75) is 0 Å². The summed E-state index contributed by atoms with van der Waals surface area (Å²) < 4.78 is 6.99. The average molecular weight is 217 g/mol. The van der Waals surface area contributed by atoms with Gasteiger partial charge in [-0.1, -0.05) is 22.0 Å². The summed E-state index contributed by atoms with van der Waals surface area (Å²) in [6, 6.07) is -0.471. The van der Waals surface area contributed by atoms with Crippen molar-refractivity contribution in [2.75, 3.05) is 0 Å². The molecule has 0 saturated carbocycles. The number of halogens is 1. The van der Waals surface area contributed by atoms with Crippen LogP contribution in [0.1, 0.15) is 0 Å². The zero-order valence-corrected chi connectivity index (χ0v) is 7.19. The molecule has 2 atom stereocenters. The van der Waals surface area contributed by atoms with E-state index >= 15 is 0 Å². The Morgan fingerprint density at radius 1 is 2.40 bits per heavy atom. The molecule has 0 heterocycles. The second kappa shape index (κ2) is 5.72. The van der Waals surface area contributed by atoms with Crippen molar-refractivity contribution in [1.82, 2.24) is 0 Å².